The van der Waals surface area contributed by atoms with E-state index >= 15 is 0 Å². The number of carbonyl (C=O) groups is 3. The van der Waals surface area contributed by atoms with Gasteiger partial charge in [-0.1, -0.05) is 0 Å². The lowest BCUT2D eigenvalue weighted by atomic mass is 10.2. The Morgan fingerprint density at radius 1 is 1.52 bits per heavy atom. The number of hydrogen-bond donors (Lipinski definition) is 3. The average Bonchev–Trinajstić information content (AvgIpc) is 2.96. The molecule has 0 aliphatic heterocycles. The molecular weight excluding hydrogens is 296 g/mol. The summed E-state index contributed by atoms with van der Waals surface area (Å²) >= 11 is 1.33. The molecule has 3 N–H and O–H groups in total. The van der Waals surface area contributed by atoms with E-state index in [1.54, 1.807) is 19.1 Å². The maximum Gasteiger partial charge on any atom is 0.326 e. The van der Waals surface area contributed by atoms with Crippen molar-refractivity contribution < 1.29 is 23.9 Å². The van der Waals surface area contributed by atoms with E-state index in [0.717, 1.165) is 0 Å². The smallest absolute Gasteiger partial charge is 0.326 e. The molecule has 1 rings (SSSR count). The van der Waals surface area contributed by atoms with E-state index in [9.17, 15) is 14.4 Å². The van der Waals surface area contributed by atoms with Crippen LogP contribution in [0, 0.1) is 0 Å². The van der Waals surface area contributed by atoms with E-state index < -0.39 is 12.0 Å². The van der Waals surface area contributed by atoms with E-state index in [2.05, 4.69) is 10.6 Å². The number of hydrogen-bond acceptors (Lipinski definition) is 5. The van der Waals surface area contributed by atoms with Crippen LogP contribution in [0.4, 0.5) is 0 Å². The van der Waals surface area contributed by atoms with Gasteiger partial charge in [-0.2, -0.15) is 0 Å². The second-order valence-corrected chi connectivity index (χ2v) is 5.72. The zero-order valence-corrected chi connectivity index (χ0v) is 12.4. The van der Waals surface area contributed by atoms with Gasteiger partial charge in [-0.25, -0.2) is 4.79 Å². The van der Waals surface area contributed by atoms with Crippen LogP contribution in [0.2, 0.25) is 0 Å². The van der Waals surface area contributed by atoms with E-state index in [0.29, 0.717) is 24.5 Å². The predicted molar refractivity (Wildman–Crippen MR) is 77.7 cm³/mol. The highest BCUT2D eigenvalue weighted by Gasteiger charge is 2.18. The van der Waals surface area contributed by atoms with Gasteiger partial charge in [-0.05, 0) is 31.2 Å². The highest BCUT2D eigenvalue weighted by Crippen LogP contribution is 2.13. The molecule has 7 nitrogen and oxygen atoms in total. The largest absolute Gasteiger partial charge is 0.480 e. The molecule has 0 saturated carbocycles. The van der Waals surface area contributed by atoms with Crippen LogP contribution in [-0.4, -0.2) is 40.4 Å². The minimum Gasteiger partial charge on any atom is -0.480 e. The molecule has 0 aromatic carbocycles. The maximum absolute atomic E-state index is 11.8. The van der Waals surface area contributed by atoms with E-state index in [1.807, 2.05) is 0 Å². The molecule has 2 unspecified atom stereocenters. The second kappa shape index (κ2) is 9.06. The Hall–Kier alpha value is -1.96. The van der Waals surface area contributed by atoms with Crippen molar-refractivity contribution in [1.29, 1.82) is 0 Å². The van der Waals surface area contributed by atoms with Crippen LogP contribution in [0.15, 0.2) is 22.8 Å². The SMILES string of the molecule is CC(SCCC(NC=O)C(=O)O)C(=O)NCc1ccco1. The van der Waals surface area contributed by atoms with Crippen molar-refractivity contribution in [3.8, 4) is 0 Å². The Morgan fingerprint density at radius 2 is 2.29 bits per heavy atom. The lowest BCUT2D eigenvalue weighted by Crippen LogP contribution is -2.36. The highest BCUT2D eigenvalue weighted by molar-refractivity contribution is 8.00. The van der Waals surface area contributed by atoms with Gasteiger partial charge in [0.25, 0.3) is 0 Å². The number of carboxylic acid groups (broad SMARTS) is 1. The summed E-state index contributed by atoms with van der Waals surface area (Å²) in [7, 11) is 0. The lowest BCUT2D eigenvalue weighted by Gasteiger charge is -2.14. The number of carboxylic acids is 1. The van der Waals surface area contributed by atoms with E-state index in [1.165, 1.54) is 18.0 Å². The monoisotopic (exact) mass is 314 g/mol. The van der Waals surface area contributed by atoms with Crippen LogP contribution in [0.3, 0.4) is 0 Å². The minimum atomic E-state index is -1.09. The van der Waals surface area contributed by atoms with Gasteiger partial charge in [0.15, 0.2) is 0 Å². The van der Waals surface area contributed by atoms with Crippen molar-refractivity contribution in [2.75, 3.05) is 5.75 Å². The third-order valence-electron chi connectivity index (χ3n) is 2.73. The Kier molecular flexibility index (Phi) is 7.38. The average molecular weight is 314 g/mol. The Bertz CT molecular complexity index is 463. The molecule has 0 aliphatic carbocycles. The molecule has 8 heteroatoms. The van der Waals surface area contributed by atoms with Gasteiger partial charge < -0.3 is 20.2 Å². The molecule has 2 amide bonds. The van der Waals surface area contributed by atoms with E-state index in [-0.39, 0.29) is 17.6 Å². The summed E-state index contributed by atoms with van der Waals surface area (Å²) in [6.45, 7) is 2.06. The molecule has 116 valence electrons. The summed E-state index contributed by atoms with van der Waals surface area (Å²) in [4.78, 5) is 32.9. The van der Waals surface area contributed by atoms with Crippen molar-refractivity contribution in [3.05, 3.63) is 24.2 Å². The van der Waals surface area contributed by atoms with Gasteiger partial charge in [-0.15, -0.1) is 11.8 Å². The van der Waals surface area contributed by atoms with Crippen LogP contribution in [0.25, 0.3) is 0 Å². The molecule has 21 heavy (non-hydrogen) atoms. The van der Waals surface area contributed by atoms with Gasteiger partial charge in [0.1, 0.15) is 11.8 Å². The maximum atomic E-state index is 11.8. The molecule has 2 atom stereocenters. The predicted octanol–water partition coefficient (Wildman–Crippen LogP) is 0.607. The van der Waals surface area contributed by atoms with Crippen LogP contribution in [-0.2, 0) is 20.9 Å². The molecule has 1 heterocycles. The molecule has 0 radical (unpaired) electrons. The first-order chi connectivity index (χ1) is 10.0. The molecule has 0 saturated heterocycles. The number of nitrogens with one attached hydrogen (secondary N) is 2. The Morgan fingerprint density at radius 3 is 2.86 bits per heavy atom. The minimum absolute atomic E-state index is 0.147. The van der Waals surface area contributed by atoms with Crippen molar-refractivity contribution in [2.45, 2.75) is 31.2 Å². The zero-order chi connectivity index (χ0) is 15.7. The number of rotatable bonds is 10. The summed E-state index contributed by atoms with van der Waals surface area (Å²) in [6, 6.07) is 2.58. The van der Waals surface area contributed by atoms with Crippen molar-refractivity contribution in [3.63, 3.8) is 0 Å². The highest BCUT2D eigenvalue weighted by atomic mass is 32.2. The number of furan rings is 1. The first-order valence-corrected chi connectivity index (χ1v) is 7.43. The second-order valence-electron chi connectivity index (χ2n) is 4.27. The fourth-order valence-corrected chi connectivity index (χ4v) is 2.49. The van der Waals surface area contributed by atoms with Crippen molar-refractivity contribution >= 4 is 30.0 Å². The van der Waals surface area contributed by atoms with Gasteiger partial charge in [0.2, 0.25) is 12.3 Å². The number of amides is 2. The topological polar surface area (TPSA) is 109 Å². The molecule has 0 aliphatic rings. The molecule has 1 aromatic rings. The number of carbonyl (C=O) groups excluding carboxylic acids is 2. The molecule has 0 fully saturated rings. The summed E-state index contributed by atoms with van der Waals surface area (Å²) in [5, 5.41) is 13.5. The molecular formula is C13H18N2O5S. The third-order valence-corrected chi connectivity index (χ3v) is 3.91. The summed E-state index contributed by atoms with van der Waals surface area (Å²) in [5.41, 5.74) is 0. The van der Waals surface area contributed by atoms with Crippen LogP contribution < -0.4 is 10.6 Å². The molecule has 1 aromatic heterocycles. The first kappa shape index (κ1) is 17.1. The summed E-state index contributed by atoms with van der Waals surface area (Å²) in [6.07, 6.45) is 2.16. The number of aliphatic carboxylic acids is 1. The van der Waals surface area contributed by atoms with Gasteiger partial charge in [-0.3, -0.25) is 9.59 Å². The van der Waals surface area contributed by atoms with Gasteiger partial charge >= 0.3 is 5.97 Å². The fourth-order valence-electron chi connectivity index (χ4n) is 1.53. The first-order valence-electron chi connectivity index (χ1n) is 6.38. The van der Waals surface area contributed by atoms with Crippen LogP contribution in [0.5, 0.6) is 0 Å². The third kappa shape index (κ3) is 6.35. The number of thioether (sulfide) groups is 1. The normalized spacial score (nSPS) is 13.2. The Labute approximate surface area is 126 Å². The lowest BCUT2D eigenvalue weighted by molar-refractivity contribution is -0.140. The quantitative estimate of drug-likeness (QED) is 0.546. The fraction of sp³-hybridized carbons (Fsp3) is 0.462. The van der Waals surface area contributed by atoms with Crippen LogP contribution in [0.1, 0.15) is 19.1 Å². The van der Waals surface area contributed by atoms with Crippen molar-refractivity contribution in [2.24, 2.45) is 0 Å². The summed E-state index contributed by atoms with van der Waals surface area (Å²) in [5.74, 6) is -0.112. The standard InChI is InChI=1S/C13H18N2O5S/c1-9(12(17)14-7-10-3-2-5-20-10)21-6-4-11(13(18)19)15-8-16/h2-3,5,8-9,11H,4,6-7H2,1H3,(H,14,17)(H,15,16)(H,18,19). The van der Waals surface area contributed by atoms with Gasteiger partial charge in [0, 0.05) is 0 Å². The molecule has 0 spiro atoms. The summed E-state index contributed by atoms with van der Waals surface area (Å²) < 4.78 is 5.10. The van der Waals surface area contributed by atoms with Crippen molar-refractivity contribution in [1.82, 2.24) is 10.6 Å². The Balaban J connectivity index is 2.25. The van der Waals surface area contributed by atoms with E-state index in [4.69, 9.17) is 9.52 Å². The molecule has 0 bridgehead atoms. The zero-order valence-electron chi connectivity index (χ0n) is 11.6. The van der Waals surface area contributed by atoms with Gasteiger partial charge in [0.05, 0.1) is 18.1 Å². The van der Waals surface area contributed by atoms with Crippen LogP contribution >= 0.6 is 11.8 Å².